The molecule has 1 aromatic heterocycles. The van der Waals surface area contributed by atoms with Gasteiger partial charge in [0.2, 0.25) is 11.8 Å². The Morgan fingerprint density at radius 2 is 2.33 bits per heavy atom. The van der Waals surface area contributed by atoms with Gasteiger partial charge in [-0.3, -0.25) is 14.4 Å². The summed E-state index contributed by atoms with van der Waals surface area (Å²) >= 11 is 1.32. The molecule has 0 unspecified atom stereocenters. The van der Waals surface area contributed by atoms with Gasteiger partial charge in [0.05, 0.1) is 18.0 Å². The van der Waals surface area contributed by atoms with E-state index in [9.17, 15) is 14.4 Å². The molecule has 0 radical (unpaired) electrons. The fraction of sp³-hybridized carbons (Fsp3) is 0.364. The zero-order valence-corrected chi connectivity index (χ0v) is 10.5. The van der Waals surface area contributed by atoms with Crippen molar-refractivity contribution in [2.45, 2.75) is 0 Å². The second kappa shape index (κ2) is 5.63. The first-order valence-electron chi connectivity index (χ1n) is 5.53. The zero-order valence-electron chi connectivity index (χ0n) is 9.64. The van der Waals surface area contributed by atoms with Crippen molar-refractivity contribution < 1.29 is 14.4 Å². The van der Waals surface area contributed by atoms with Gasteiger partial charge in [0.15, 0.2) is 0 Å². The molecule has 2 rings (SSSR count). The van der Waals surface area contributed by atoms with Crippen molar-refractivity contribution in [3.8, 4) is 0 Å². The van der Waals surface area contributed by atoms with Crippen molar-refractivity contribution in [1.29, 1.82) is 0 Å². The van der Waals surface area contributed by atoms with E-state index < -0.39 is 0 Å². The van der Waals surface area contributed by atoms with Crippen LogP contribution in [-0.4, -0.2) is 48.8 Å². The third-order valence-corrected chi connectivity index (χ3v) is 3.40. The number of nitrogens with zero attached hydrogens (tertiary/aromatic N) is 1. The van der Waals surface area contributed by atoms with Crippen LogP contribution in [0.3, 0.4) is 0 Å². The second-order valence-corrected chi connectivity index (χ2v) is 4.77. The number of piperazine rings is 1. The lowest BCUT2D eigenvalue weighted by Crippen LogP contribution is -2.52. The standard InChI is InChI=1S/C11H13N3O3S/c15-9-7-14(4-3-12-9)10(16)6-13-11(17)8-2-1-5-18-8/h1-2,5H,3-4,6-7H2,(H,12,15)(H,13,17). The van der Waals surface area contributed by atoms with E-state index >= 15 is 0 Å². The molecule has 0 bridgehead atoms. The second-order valence-electron chi connectivity index (χ2n) is 3.83. The Kier molecular flexibility index (Phi) is 3.93. The highest BCUT2D eigenvalue weighted by molar-refractivity contribution is 7.12. The van der Waals surface area contributed by atoms with Crippen LogP contribution in [0.15, 0.2) is 17.5 Å². The molecule has 1 aliphatic heterocycles. The molecule has 1 aliphatic rings. The number of rotatable bonds is 3. The van der Waals surface area contributed by atoms with Crippen molar-refractivity contribution in [2.24, 2.45) is 0 Å². The van der Waals surface area contributed by atoms with Crippen molar-refractivity contribution >= 4 is 29.1 Å². The quantitative estimate of drug-likeness (QED) is 0.770. The van der Waals surface area contributed by atoms with Crippen LogP contribution in [0.1, 0.15) is 9.67 Å². The van der Waals surface area contributed by atoms with Crippen molar-refractivity contribution in [3.05, 3.63) is 22.4 Å². The molecule has 2 N–H and O–H groups in total. The lowest BCUT2D eigenvalue weighted by molar-refractivity contribution is -0.137. The minimum Gasteiger partial charge on any atom is -0.353 e. The summed E-state index contributed by atoms with van der Waals surface area (Å²) in [5.74, 6) is -0.672. The van der Waals surface area contributed by atoms with Gasteiger partial charge >= 0.3 is 0 Å². The number of carbonyl (C=O) groups is 3. The molecule has 0 spiro atoms. The number of hydrogen-bond donors (Lipinski definition) is 2. The number of thiophene rings is 1. The Morgan fingerprint density at radius 3 is 3.00 bits per heavy atom. The molecule has 1 saturated heterocycles. The molecule has 18 heavy (non-hydrogen) atoms. The highest BCUT2D eigenvalue weighted by Crippen LogP contribution is 2.07. The summed E-state index contributed by atoms with van der Waals surface area (Å²) in [6.07, 6.45) is 0. The van der Waals surface area contributed by atoms with Gasteiger partial charge in [0.1, 0.15) is 0 Å². The average molecular weight is 267 g/mol. The van der Waals surface area contributed by atoms with E-state index in [0.29, 0.717) is 18.0 Å². The predicted octanol–water partition coefficient (Wildman–Crippen LogP) is -0.564. The fourth-order valence-electron chi connectivity index (χ4n) is 1.61. The van der Waals surface area contributed by atoms with Gasteiger partial charge in [-0.05, 0) is 11.4 Å². The zero-order chi connectivity index (χ0) is 13.0. The maximum atomic E-state index is 11.8. The summed E-state index contributed by atoms with van der Waals surface area (Å²) in [5, 5.41) is 6.98. The molecular weight excluding hydrogens is 254 g/mol. The van der Waals surface area contributed by atoms with E-state index in [1.165, 1.54) is 16.2 Å². The number of amides is 3. The summed E-state index contributed by atoms with van der Waals surface area (Å²) in [5.41, 5.74) is 0. The maximum Gasteiger partial charge on any atom is 0.261 e. The Balaban J connectivity index is 1.81. The van der Waals surface area contributed by atoms with Gasteiger partial charge in [-0.2, -0.15) is 0 Å². The molecule has 0 aromatic carbocycles. The van der Waals surface area contributed by atoms with Crippen LogP contribution in [0.5, 0.6) is 0 Å². The lowest BCUT2D eigenvalue weighted by Gasteiger charge is -2.26. The third-order valence-electron chi connectivity index (χ3n) is 2.54. The third kappa shape index (κ3) is 3.07. The minimum atomic E-state index is -0.264. The van der Waals surface area contributed by atoms with Gasteiger partial charge < -0.3 is 15.5 Å². The van der Waals surface area contributed by atoms with Crippen LogP contribution in [0.4, 0.5) is 0 Å². The van der Waals surface area contributed by atoms with Crippen molar-refractivity contribution in [1.82, 2.24) is 15.5 Å². The van der Waals surface area contributed by atoms with Crippen LogP contribution in [-0.2, 0) is 9.59 Å². The smallest absolute Gasteiger partial charge is 0.261 e. The van der Waals surface area contributed by atoms with Gasteiger partial charge in [0, 0.05) is 13.1 Å². The van der Waals surface area contributed by atoms with Crippen LogP contribution in [0.25, 0.3) is 0 Å². The first kappa shape index (κ1) is 12.6. The van der Waals surface area contributed by atoms with Gasteiger partial charge in [0.25, 0.3) is 5.91 Å². The normalized spacial score (nSPS) is 15.1. The molecule has 96 valence electrons. The summed E-state index contributed by atoms with van der Waals surface area (Å²) in [4.78, 5) is 36.5. The summed E-state index contributed by atoms with van der Waals surface area (Å²) in [6, 6.07) is 3.47. The molecule has 7 heteroatoms. The van der Waals surface area contributed by atoms with E-state index in [4.69, 9.17) is 0 Å². The summed E-state index contributed by atoms with van der Waals surface area (Å²) in [7, 11) is 0. The summed E-state index contributed by atoms with van der Waals surface area (Å²) in [6.45, 7) is 0.931. The molecule has 0 atom stereocenters. The van der Waals surface area contributed by atoms with Crippen LogP contribution < -0.4 is 10.6 Å². The van der Waals surface area contributed by atoms with E-state index in [1.54, 1.807) is 17.5 Å². The van der Waals surface area contributed by atoms with Gasteiger partial charge in [-0.1, -0.05) is 6.07 Å². The molecule has 1 fully saturated rings. The molecule has 6 nitrogen and oxygen atoms in total. The number of hydrogen-bond acceptors (Lipinski definition) is 4. The predicted molar refractivity (Wildman–Crippen MR) is 66.2 cm³/mol. The Morgan fingerprint density at radius 1 is 1.50 bits per heavy atom. The maximum absolute atomic E-state index is 11.8. The van der Waals surface area contributed by atoms with Crippen molar-refractivity contribution in [3.63, 3.8) is 0 Å². The molecule has 1 aromatic rings. The molecule has 0 aliphatic carbocycles. The van der Waals surface area contributed by atoms with Gasteiger partial charge in [-0.25, -0.2) is 0 Å². The first-order valence-corrected chi connectivity index (χ1v) is 6.41. The van der Waals surface area contributed by atoms with E-state index in [-0.39, 0.29) is 30.8 Å². The lowest BCUT2D eigenvalue weighted by atomic mass is 10.3. The van der Waals surface area contributed by atoms with Gasteiger partial charge in [-0.15, -0.1) is 11.3 Å². The summed E-state index contributed by atoms with van der Waals surface area (Å²) < 4.78 is 0. The van der Waals surface area contributed by atoms with E-state index in [1.807, 2.05) is 0 Å². The molecule has 2 heterocycles. The highest BCUT2D eigenvalue weighted by atomic mass is 32.1. The highest BCUT2D eigenvalue weighted by Gasteiger charge is 2.21. The van der Waals surface area contributed by atoms with E-state index in [0.717, 1.165) is 0 Å². The fourth-order valence-corrected chi connectivity index (χ4v) is 2.25. The topological polar surface area (TPSA) is 78.5 Å². The largest absolute Gasteiger partial charge is 0.353 e. The average Bonchev–Trinajstić information content (AvgIpc) is 2.89. The monoisotopic (exact) mass is 267 g/mol. The number of carbonyl (C=O) groups excluding carboxylic acids is 3. The van der Waals surface area contributed by atoms with Crippen LogP contribution in [0, 0.1) is 0 Å². The van der Waals surface area contributed by atoms with Crippen molar-refractivity contribution in [2.75, 3.05) is 26.2 Å². The Hall–Kier alpha value is -1.89. The molecule has 0 saturated carbocycles. The minimum absolute atomic E-state index is 0.0632. The molecule has 3 amide bonds. The van der Waals surface area contributed by atoms with Crippen LogP contribution >= 0.6 is 11.3 Å². The SMILES string of the molecule is O=C1CN(C(=O)CNC(=O)c2cccs2)CCN1. The first-order chi connectivity index (χ1) is 8.66. The van der Waals surface area contributed by atoms with E-state index in [2.05, 4.69) is 10.6 Å². The number of nitrogens with one attached hydrogen (secondary N) is 2. The Bertz CT molecular complexity index is 458. The molecular formula is C11H13N3O3S. The van der Waals surface area contributed by atoms with Crippen LogP contribution in [0.2, 0.25) is 0 Å². The Labute approximate surface area is 108 Å².